The summed E-state index contributed by atoms with van der Waals surface area (Å²) in [6, 6.07) is 7.68. The molecule has 1 atom stereocenters. The maximum atomic E-state index is 12.8. The minimum Gasteiger partial charge on any atom is -0.391 e. The standard InChI is InChI=1S/C21H30N2O3/c1-15-7-5-6-8-17(15)19(26)22-11-9-21(10-12-22)13-18(25)20(3,4)23(14-21)16(2)24/h5-8,18,25H,9-14H2,1-4H3/t18-/m0/s1. The molecule has 0 aliphatic carbocycles. The summed E-state index contributed by atoms with van der Waals surface area (Å²) in [5.74, 6) is 0.0876. The Balaban J connectivity index is 1.72. The van der Waals surface area contributed by atoms with Crippen molar-refractivity contribution in [1.29, 1.82) is 0 Å². The fourth-order valence-electron chi connectivity index (χ4n) is 4.49. The van der Waals surface area contributed by atoms with Gasteiger partial charge in [-0.1, -0.05) is 18.2 Å². The van der Waals surface area contributed by atoms with Gasteiger partial charge in [-0.05, 0) is 57.1 Å². The lowest BCUT2D eigenvalue weighted by molar-refractivity contribution is -0.156. The second-order valence-electron chi connectivity index (χ2n) is 8.59. The number of rotatable bonds is 1. The van der Waals surface area contributed by atoms with Gasteiger partial charge in [0.05, 0.1) is 11.6 Å². The van der Waals surface area contributed by atoms with Crippen molar-refractivity contribution in [3.05, 3.63) is 35.4 Å². The molecule has 2 fully saturated rings. The number of amides is 2. The Kier molecular flexibility index (Phi) is 4.86. The predicted molar refractivity (Wildman–Crippen MR) is 101 cm³/mol. The fraction of sp³-hybridized carbons (Fsp3) is 0.619. The first-order valence-corrected chi connectivity index (χ1v) is 9.47. The van der Waals surface area contributed by atoms with Crippen LogP contribution in [0.3, 0.4) is 0 Å². The topological polar surface area (TPSA) is 60.9 Å². The van der Waals surface area contributed by atoms with Crippen molar-refractivity contribution < 1.29 is 14.7 Å². The summed E-state index contributed by atoms with van der Waals surface area (Å²) < 4.78 is 0. The van der Waals surface area contributed by atoms with Crippen molar-refractivity contribution in [3.63, 3.8) is 0 Å². The number of aliphatic hydroxyl groups excluding tert-OH is 1. The molecule has 1 aromatic rings. The largest absolute Gasteiger partial charge is 0.391 e. The number of benzene rings is 1. The number of carbonyl (C=O) groups is 2. The maximum absolute atomic E-state index is 12.8. The summed E-state index contributed by atoms with van der Waals surface area (Å²) in [5.41, 5.74) is 1.13. The van der Waals surface area contributed by atoms with Gasteiger partial charge in [0.15, 0.2) is 0 Å². The third-order valence-electron chi connectivity index (χ3n) is 6.50. The quantitative estimate of drug-likeness (QED) is 0.839. The number of aryl methyl sites for hydroxylation is 1. The van der Waals surface area contributed by atoms with Crippen molar-refractivity contribution in [2.75, 3.05) is 19.6 Å². The first-order chi connectivity index (χ1) is 12.2. The second-order valence-corrected chi connectivity index (χ2v) is 8.59. The van der Waals surface area contributed by atoms with E-state index in [1.165, 1.54) is 0 Å². The van der Waals surface area contributed by atoms with E-state index in [-0.39, 0.29) is 17.2 Å². The number of nitrogens with zero attached hydrogens (tertiary/aromatic N) is 2. The fourth-order valence-corrected chi connectivity index (χ4v) is 4.49. The van der Waals surface area contributed by atoms with Gasteiger partial charge in [0, 0.05) is 32.1 Å². The van der Waals surface area contributed by atoms with E-state index in [0.29, 0.717) is 26.1 Å². The predicted octanol–water partition coefficient (Wildman–Crippen LogP) is 2.61. The minimum absolute atomic E-state index is 0.00606. The molecule has 1 N–H and O–H groups in total. The van der Waals surface area contributed by atoms with Gasteiger partial charge < -0.3 is 14.9 Å². The Bertz CT molecular complexity index is 705. The molecule has 2 amide bonds. The molecule has 2 heterocycles. The van der Waals surface area contributed by atoms with E-state index in [2.05, 4.69) is 0 Å². The Morgan fingerprint density at radius 2 is 1.77 bits per heavy atom. The molecule has 0 saturated carbocycles. The lowest BCUT2D eigenvalue weighted by Gasteiger charge is -2.55. The third-order valence-corrected chi connectivity index (χ3v) is 6.50. The van der Waals surface area contributed by atoms with Crippen molar-refractivity contribution >= 4 is 11.8 Å². The van der Waals surface area contributed by atoms with Gasteiger partial charge in [-0.15, -0.1) is 0 Å². The van der Waals surface area contributed by atoms with Crippen LogP contribution < -0.4 is 0 Å². The van der Waals surface area contributed by atoms with E-state index in [9.17, 15) is 14.7 Å². The highest BCUT2D eigenvalue weighted by Gasteiger charge is 2.50. The van der Waals surface area contributed by atoms with Crippen LogP contribution in [0, 0.1) is 12.3 Å². The average molecular weight is 358 g/mol. The number of hydrogen-bond acceptors (Lipinski definition) is 3. The highest BCUT2D eigenvalue weighted by atomic mass is 16.3. The van der Waals surface area contributed by atoms with Crippen LogP contribution in [0.2, 0.25) is 0 Å². The third kappa shape index (κ3) is 3.25. The normalized spacial score (nSPS) is 24.6. The van der Waals surface area contributed by atoms with E-state index in [0.717, 1.165) is 24.0 Å². The molecule has 3 rings (SSSR count). The summed E-state index contributed by atoms with van der Waals surface area (Å²) in [7, 11) is 0. The number of hydrogen-bond donors (Lipinski definition) is 1. The molecule has 5 heteroatoms. The summed E-state index contributed by atoms with van der Waals surface area (Å²) in [6.07, 6.45) is 1.79. The lowest BCUT2D eigenvalue weighted by atomic mass is 9.67. The van der Waals surface area contributed by atoms with Gasteiger partial charge in [-0.25, -0.2) is 0 Å². The zero-order chi connectivity index (χ0) is 19.1. The van der Waals surface area contributed by atoms with Crippen LogP contribution in [0.5, 0.6) is 0 Å². The molecule has 2 aliphatic heterocycles. The van der Waals surface area contributed by atoms with Crippen LogP contribution >= 0.6 is 0 Å². The number of aliphatic hydroxyl groups is 1. The second kappa shape index (κ2) is 6.69. The lowest BCUT2D eigenvalue weighted by Crippen LogP contribution is -2.64. The van der Waals surface area contributed by atoms with Gasteiger partial charge in [-0.3, -0.25) is 9.59 Å². The van der Waals surface area contributed by atoms with Crippen LogP contribution in [0.4, 0.5) is 0 Å². The number of carbonyl (C=O) groups excluding carboxylic acids is 2. The maximum Gasteiger partial charge on any atom is 0.254 e. The van der Waals surface area contributed by atoms with E-state index in [4.69, 9.17) is 0 Å². The Hall–Kier alpha value is -1.88. The molecular formula is C21H30N2O3. The van der Waals surface area contributed by atoms with E-state index < -0.39 is 11.6 Å². The summed E-state index contributed by atoms with van der Waals surface area (Å²) in [4.78, 5) is 28.7. The molecule has 2 saturated heterocycles. The average Bonchev–Trinajstić information content (AvgIpc) is 2.59. The Morgan fingerprint density at radius 1 is 1.15 bits per heavy atom. The van der Waals surface area contributed by atoms with Gasteiger partial charge in [0.1, 0.15) is 0 Å². The molecule has 0 radical (unpaired) electrons. The smallest absolute Gasteiger partial charge is 0.254 e. The molecule has 0 bridgehead atoms. The van der Waals surface area contributed by atoms with Crippen molar-refractivity contribution in [2.24, 2.45) is 5.41 Å². The first-order valence-electron chi connectivity index (χ1n) is 9.47. The number of likely N-dealkylation sites (tertiary alicyclic amines) is 2. The van der Waals surface area contributed by atoms with Crippen LogP contribution in [-0.2, 0) is 4.79 Å². The van der Waals surface area contributed by atoms with Crippen molar-refractivity contribution in [2.45, 2.75) is 58.6 Å². The van der Waals surface area contributed by atoms with E-state index in [1.807, 2.05) is 54.8 Å². The minimum atomic E-state index is -0.543. The molecule has 0 unspecified atom stereocenters. The molecule has 2 aliphatic rings. The van der Waals surface area contributed by atoms with Gasteiger partial charge in [0.25, 0.3) is 5.91 Å². The summed E-state index contributed by atoms with van der Waals surface area (Å²) >= 11 is 0. The van der Waals surface area contributed by atoms with Gasteiger partial charge >= 0.3 is 0 Å². The molecule has 26 heavy (non-hydrogen) atoms. The summed E-state index contributed by atoms with van der Waals surface area (Å²) in [6.45, 7) is 9.41. The van der Waals surface area contributed by atoms with Crippen LogP contribution in [-0.4, -0.2) is 58.0 Å². The molecule has 1 aromatic carbocycles. The zero-order valence-corrected chi connectivity index (χ0v) is 16.3. The molecule has 142 valence electrons. The highest BCUT2D eigenvalue weighted by Crippen LogP contribution is 2.45. The van der Waals surface area contributed by atoms with Crippen LogP contribution in [0.15, 0.2) is 24.3 Å². The zero-order valence-electron chi connectivity index (χ0n) is 16.3. The van der Waals surface area contributed by atoms with Crippen molar-refractivity contribution in [1.82, 2.24) is 9.80 Å². The van der Waals surface area contributed by atoms with Gasteiger partial charge in [-0.2, -0.15) is 0 Å². The Labute approximate surface area is 156 Å². The monoisotopic (exact) mass is 358 g/mol. The molecular weight excluding hydrogens is 328 g/mol. The highest BCUT2D eigenvalue weighted by molar-refractivity contribution is 5.95. The van der Waals surface area contributed by atoms with Crippen molar-refractivity contribution in [3.8, 4) is 0 Å². The Morgan fingerprint density at radius 3 is 2.35 bits per heavy atom. The molecule has 1 spiro atoms. The van der Waals surface area contributed by atoms with Crippen LogP contribution in [0.25, 0.3) is 0 Å². The number of piperidine rings is 2. The van der Waals surface area contributed by atoms with Crippen LogP contribution in [0.1, 0.15) is 56.0 Å². The first kappa shape index (κ1) is 18.9. The molecule has 0 aromatic heterocycles. The van der Waals surface area contributed by atoms with Gasteiger partial charge in [0.2, 0.25) is 5.91 Å². The van der Waals surface area contributed by atoms with E-state index in [1.54, 1.807) is 6.92 Å². The molecule has 5 nitrogen and oxygen atoms in total. The SMILES string of the molecule is CC(=O)N1CC2(CCN(C(=O)c3ccccc3C)CC2)C[C@H](O)C1(C)C. The van der Waals surface area contributed by atoms with E-state index >= 15 is 0 Å². The summed E-state index contributed by atoms with van der Waals surface area (Å²) in [5, 5.41) is 10.7.